The lowest BCUT2D eigenvalue weighted by atomic mass is 10.1. The molecule has 2 N–H and O–H groups in total. The van der Waals surface area contributed by atoms with Crippen LogP contribution in [0.5, 0.6) is 0 Å². The molecule has 1 fully saturated rings. The SMILES string of the molecule is CCC(=O)OC1CN(C)CC1Nc1nc(NC)c2c(C)c3c(nc2n1)CCC3. The van der Waals surface area contributed by atoms with E-state index in [1.807, 2.05) is 21.0 Å². The largest absolute Gasteiger partial charge is 0.459 e. The molecule has 0 aromatic carbocycles. The maximum Gasteiger partial charge on any atom is 0.305 e. The van der Waals surface area contributed by atoms with E-state index >= 15 is 0 Å². The summed E-state index contributed by atoms with van der Waals surface area (Å²) in [5.41, 5.74) is 4.45. The van der Waals surface area contributed by atoms with Crippen LogP contribution in [0.4, 0.5) is 11.8 Å². The third-order valence-electron chi connectivity index (χ3n) is 5.72. The summed E-state index contributed by atoms with van der Waals surface area (Å²) in [4.78, 5) is 28.2. The number of hydrogen-bond acceptors (Lipinski definition) is 8. The lowest BCUT2D eigenvalue weighted by Gasteiger charge is -2.21. The van der Waals surface area contributed by atoms with Crippen molar-refractivity contribution in [2.24, 2.45) is 0 Å². The van der Waals surface area contributed by atoms with Crippen molar-refractivity contribution in [2.75, 3.05) is 37.8 Å². The molecule has 1 aliphatic carbocycles. The molecule has 2 aliphatic rings. The van der Waals surface area contributed by atoms with Crippen LogP contribution in [0.1, 0.15) is 36.6 Å². The quantitative estimate of drug-likeness (QED) is 0.756. The van der Waals surface area contributed by atoms with Crippen molar-refractivity contribution in [1.29, 1.82) is 0 Å². The molecule has 8 heteroatoms. The van der Waals surface area contributed by atoms with Crippen LogP contribution in [-0.2, 0) is 22.4 Å². The van der Waals surface area contributed by atoms with E-state index in [0.29, 0.717) is 24.6 Å². The van der Waals surface area contributed by atoms with Gasteiger partial charge < -0.3 is 20.3 Å². The molecule has 0 spiro atoms. The summed E-state index contributed by atoms with van der Waals surface area (Å²) >= 11 is 0. The third-order valence-corrected chi connectivity index (χ3v) is 5.72. The Hall–Kier alpha value is -2.48. The van der Waals surface area contributed by atoms with Gasteiger partial charge in [-0.05, 0) is 44.4 Å². The molecule has 1 aliphatic heterocycles. The summed E-state index contributed by atoms with van der Waals surface area (Å²) in [5, 5.41) is 7.58. The smallest absolute Gasteiger partial charge is 0.305 e. The van der Waals surface area contributed by atoms with E-state index < -0.39 is 0 Å². The molecule has 1 saturated heterocycles. The normalized spacial score (nSPS) is 21.7. The Morgan fingerprint density at radius 1 is 1.25 bits per heavy atom. The van der Waals surface area contributed by atoms with Gasteiger partial charge in [0.05, 0.1) is 11.4 Å². The van der Waals surface area contributed by atoms with E-state index in [1.165, 1.54) is 11.1 Å². The van der Waals surface area contributed by atoms with Crippen LogP contribution in [0.15, 0.2) is 0 Å². The van der Waals surface area contributed by atoms with E-state index in [0.717, 1.165) is 42.7 Å². The van der Waals surface area contributed by atoms with Gasteiger partial charge in [-0.15, -0.1) is 0 Å². The number of anilines is 2. The summed E-state index contributed by atoms with van der Waals surface area (Å²) in [6.45, 7) is 5.40. The first-order valence-corrected chi connectivity index (χ1v) is 10.0. The Morgan fingerprint density at radius 2 is 2.07 bits per heavy atom. The predicted octanol–water partition coefficient (Wildman–Crippen LogP) is 1.91. The first kappa shape index (κ1) is 18.9. The molecule has 3 heterocycles. The highest BCUT2D eigenvalue weighted by atomic mass is 16.5. The number of hydrogen-bond donors (Lipinski definition) is 2. The fraction of sp³-hybridized carbons (Fsp3) is 0.600. The monoisotopic (exact) mass is 384 g/mol. The van der Waals surface area contributed by atoms with Gasteiger partial charge in [0, 0.05) is 32.3 Å². The number of fused-ring (bicyclic) bond motifs is 2. The van der Waals surface area contributed by atoms with Gasteiger partial charge in [0.15, 0.2) is 5.65 Å². The van der Waals surface area contributed by atoms with Crippen molar-refractivity contribution in [3.63, 3.8) is 0 Å². The summed E-state index contributed by atoms with van der Waals surface area (Å²) < 4.78 is 5.61. The number of esters is 1. The van der Waals surface area contributed by atoms with E-state index in [9.17, 15) is 4.79 Å². The molecule has 4 rings (SSSR count). The average Bonchev–Trinajstić information content (AvgIpc) is 3.27. The second-order valence-electron chi connectivity index (χ2n) is 7.71. The van der Waals surface area contributed by atoms with E-state index in [2.05, 4.69) is 22.5 Å². The molecular formula is C20H28N6O2. The summed E-state index contributed by atoms with van der Waals surface area (Å²) in [5.74, 6) is 1.11. The van der Waals surface area contributed by atoms with Gasteiger partial charge in [-0.3, -0.25) is 4.79 Å². The number of likely N-dealkylation sites (tertiary alicyclic amines) is 1. The predicted molar refractivity (Wildman–Crippen MR) is 109 cm³/mol. The minimum absolute atomic E-state index is 0.0572. The Kier molecular flexibility index (Phi) is 5.05. The standard InChI is InChI=1S/C20H28N6O2/c1-5-16(27)28-15-10-26(4)9-14(15)23-20-24-18(21-3)17-11(2)12-7-6-8-13(12)22-19(17)25-20/h14-15H,5-10H2,1-4H3,(H2,21,22,23,24,25). The van der Waals surface area contributed by atoms with Crippen LogP contribution in [0, 0.1) is 6.92 Å². The van der Waals surface area contributed by atoms with Crippen LogP contribution in [-0.4, -0.2) is 65.2 Å². The topological polar surface area (TPSA) is 92.3 Å². The number of rotatable bonds is 5. The molecule has 150 valence electrons. The Bertz CT molecular complexity index is 915. The number of nitrogens with zero attached hydrogens (tertiary/aromatic N) is 4. The number of nitrogens with one attached hydrogen (secondary N) is 2. The van der Waals surface area contributed by atoms with Crippen molar-refractivity contribution < 1.29 is 9.53 Å². The van der Waals surface area contributed by atoms with E-state index in [1.54, 1.807) is 0 Å². The fourth-order valence-corrected chi connectivity index (χ4v) is 4.29. The minimum Gasteiger partial charge on any atom is -0.459 e. The third kappa shape index (κ3) is 3.37. The van der Waals surface area contributed by atoms with Crippen LogP contribution in [0.2, 0.25) is 0 Å². The van der Waals surface area contributed by atoms with Gasteiger partial charge in [-0.25, -0.2) is 4.98 Å². The maximum absolute atomic E-state index is 11.8. The van der Waals surface area contributed by atoms with Crippen molar-refractivity contribution in [1.82, 2.24) is 19.9 Å². The van der Waals surface area contributed by atoms with Crippen molar-refractivity contribution in [2.45, 2.75) is 51.7 Å². The lowest BCUT2D eigenvalue weighted by molar-refractivity contribution is -0.148. The number of aromatic nitrogens is 3. The first-order valence-electron chi connectivity index (χ1n) is 10.0. The fourth-order valence-electron chi connectivity index (χ4n) is 4.29. The van der Waals surface area contributed by atoms with Gasteiger partial charge in [0.1, 0.15) is 11.9 Å². The molecule has 2 aromatic heterocycles. The highest BCUT2D eigenvalue weighted by Gasteiger charge is 2.34. The number of carbonyl (C=O) groups excluding carboxylic acids is 1. The molecule has 2 atom stereocenters. The zero-order valence-corrected chi connectivity index (χ0v) is 17.0. The minimum atomic E-state index is -0.218. The number of likely N-dealkylation sites (N-methyl/N-ethyl adjacent to an activating group) is 1. The first-order chi connectivity index (χ1) is 13.5. The number of ether oxygens (including phenoxy) is 1. The van der Waals surface area contributed by atoms with Crippen LogP contribution < -0.4 is 10.6 Å². The lowest BCUT2D eigenvalue weighted by Crippen LogP contribution is -2.36. The molecule has 2 aromatic rings. The van der Waals surface area contributed by atoms with Gasteiger partial charge in [-0.1, -0.05) is 6.92 Å². The van der Waals surface area contributed by atoms with Crippen LogP contribution >= 0.6 is 0 Å². The molecule has 28 heavy (non-hydrogen) atoms. The van der Waals surface area contributed by atoms with E-state index in [4.69, 9.17) is 19.7 Å². The number of carbonyl (C=O) groups is 1. The van der Waals surface area contributed by atoms with Crippen molar-refractivity contribution >= 4 is 28.8 Å². The van der Waals surface area contributed by atoms with Gasteiger partial charge in [0.2, 0.25) is 5.95 Å². The summed E-state index contributed by atoms with van der Waals surface area (Å²) in [7, 11) is 3.89. The van der Waals surface area contributed by atoms with E-state index in [-0.39, 0.29) is 18.1 Å². The summed E-state index contributed by atoms with van der Waals surface area (Å²) in [6.07, 6.45) is 3.38. The molecule has 0 radical (unpaired) electrons. The number of pyridine rings is 1. The highest BCUT2D eigenvalue weighted by molar-refractivity contribution is 5.91. The zero-order valence-electron chi connectivity index (χ0n) is 17.0. The van der Waals surface area contributed by atoms with Crippen LogP contribution in [0.25, 0.3) is 11.0 Å². The number of aryl methyl sites for hydroxylation is 2. The summed E-state index contributed by atoms with van der Waals surface area (Å²) in [6, 6.07) is -0.0572. The molecule has 0 saturated carbocycles. The van der Waals surface area contributed by atoms with Crippen molar-refractivity contribution in [3.8, 4) is 0 Å². The Balaban J connectivity index is 1.67. The Morgan fingerprint density at radius 3 is 2.82 bits per heavy atom. The van der Waals surface area contributed by atoms with Gasteiger partial charge in [0.25, 0.3) is 0 Å². The average molecular weight is 384 g/mol. The molecule has 0 bridgehead atoms. The highest BCUT2D eigenvalue weighted by Crippen LogP contribution is 2.32. The van der Waals surface area contributed by atoms with Crippen LogP contribution in [0.3, 0.4) is 0 Å². The molecule has 0 amide bonds. The van der Waals surface area contributed by atoms with Crippen molar-refractivity contribution in [3.05, 3.63) is 16.8 Å². The zero-order chi connectivity index (χ0) is 19.8. The second kappa shape index (κ2) is 7.50. The van der Waals surface area contributed by atoms with Gasteiger partial charge >= 0.3 is 5.97 Å². The maximum atomic E-state index is 11.8. The molecule has 2 unspecified atom stereocenters. The van der Waals surface area contributed by atoms with Gasteiger partial charge in [-0.2, -0.15) is 9.97 Å². The molecular weight excluding hydrogens is 356 g/mol. The second-order valence-corrected chi connectivity index (χ2v) is 7.71. The molecule has 8 nitrogen and oxygen atoms in total. The Labute approximate surface area is 165 Å².